The van der Waals surface area contributed by atoms with Crippen LogP contribution in [0, 0.1) is 13.8 Å². The predicted octanol–water partition coefficient (Wildman–Crippen LogP) is 2.72. The van der Waals surface area contributed by atoms with Crippen LogP contribution >= 0.6 is 0 Å². The predicted molar refractivity (Wildman–Crippen MR) is 73.2 cm³/mol. The molecule has 5 nitrogen and oxygen atoms in total. The number of nitrogens with zero attached hydrogens (tertiary/aromatic N) is 1. The minimum atomic E-state index is 0.467. The highest BCUT2D eigenvalue weighted by Crippen LogP contribution is 2.39. The van der Waals surface area contributed by atoms with Gasteiger partial charge in [-0.05, 0) is 31.0 Å². The van der Waals surface area contributed by atoms with Gasteiger partial charge in [0.2, 0.25) is 0 Å². The first-order valence-corrected chi connectivity index (χ1v) is 5.93. The fourth-order valence-electron chi connectivity index (χ4n) is 2.08. The molecule has 0 amide bonds. The monoisotopic (exact) mass is 262 g/mol. The van der Waals surface area contributed by atoms with E-state index in [1.807, 2.05) is 19.9 Å². The van der Waals surface area contributed by atoms with Gasteiger partial charge in [-0.2, -0.15) is 0 Å². The molecule has 0 saturated carbocycles. The minimum absolute atomic E-state index is 0.467. The van der Waals surface area contributed by atoms with Gasteiger partial charge in [-0.25, -0.2) is 4.98 Å². The van der Waals surface area contributed by atoms with Crippen LogP contribution in [0.5, 0.6) is 17.5 Å². The van der Waals surface area contributed by atoms with Crippen LogP contribution in [0.3, 0.4) is 0 Å². The largest absolute Gasteiger partial charge is 0.496 e. The average Bonchev–Trinajstić information content (AvgIpc) is 2.90. The highest BCUT2D eigenvalue weighted by molar-refractivity contribution is 5.73. The first-order chi connectivity index (χ1) is 9.12. The minimum Gasteiger partial charge on any atom is -0.496 e. The Labute approximate surface area is 112 Å². The first kappa shape index (κ1) is 13.3. The lowest BCUT2D eigenvalue weighted by Gasteiger charge is -2.15. The number of benzene rings is 1. The second-order valence-electron chi connectivity index (χ2n) is 4.22. The lowest BCUT2D eigenvalue weighted by molar-refractivity contribution is 0.384. The van der Waals surface area contributed by atoms with Crippen molar-refractivity contribution in [3.63, 3.8) is 0 Å². The molecule has 0 spiro atoms. The van der Waals surface area contributed by atoms with Crippen LogP contribution in [0.2, 0.25) is 0 Å². The SMILES string of the molecule is COc1ncc(-c2cc(OC)c(C)c(C)c2OC)[nH]1. The number of methoxy groups -OCH3 is 3. The molecule has 0 radical (unpaired) electrons. The van der Waals surface area contributed by atoms with E-state index in [-0.39, 0.29) is 0 Å². The van der Waals surface area contributed by atoms with Crippen molar-refractivity contribution < 1.29 is 14.2 Å². The molecular formula is C14H18N2O3. The van der Waals surface area contributed by atoms with Crippen molar-refractivity contribution in [1.82, 2.24) is 9.97 Å². The Balaban J connectivity index is 2.64. The number of hydrogen-bond acceptors (Lipinski definition) is 4. The van der Waals surface area contributed by atoms with Crippen molar-refractivity contribution in [3.8, 4) is 28.8 Å². The van der Waals surface area contributed by atoms with Gasteiger partial charge in [0.05, 0.1) is 33.2 Å². The molecule has 2 rings (SSSR count). The van der Waals surface area contributed by atoms with Gasteiger partial charge in [-0.1, -0.05) is 0 Å². The second-order valence-corrected chi connectivity index (χ2v) is 4.22. The van der Waals surface area contributed by atoms with Crippen molar-refractivity contribution >= 4 is 0 Å². The second kappa shape index (κ2) is 5.22. The molecule has 1 aromatic heterocycles. The van der Waals surface area contributed by atoms with E-state index < -0.39 is 0 Å². The van der Waals surface area contributed by atoms with E-state index in [2.05, 4.69) is 9.97 Å². The Morgan fingerprint density at radius 2 is 1.74 bits per heavy atom. The third kappa shape index (κ3) is 2.23. The summed E-state index contributed by atoms with van der Waals surface area (Å²) >= 11 is 0. The molecule has 0 aliphatic heterocycles. The summed E-state index contributed by atoms with van der Waals surface area (Å²) in [4.78, 5) is 7.20. The number of ether oxygens (including phenoxy) is 3. The first-order valence-electron chi connectivity index (χ1n) is 5.93. The Morgan fingerprint density at radius 1 is 1.00 bits per heavy atom. The third-order valence-electron chi connectivity index (χ3n) is 3.25. The van der Waals surface area contributed by atoms with Gasteiger partial charge >= 0.3 is 0 Å². The summed E-state index contributed by atoms with van der Waals surface area (Å²) in [5.74, 6) is 1.63. The lowest BCUT2D eigenvalue weighted by atomic mass is 10.0. The number of nitrogens with one attached hydrogen (secondary N) is 1. The summed E-state index contributed by atoms with van der Waals surface area (Å²) < 4.78 is 16.0. The highest BCUT2D eigenvalue weighted by Gasteiger charge is 2.16. The van der Waals surface area contributed by atoms with Gasteiger partial charge in [-0.15, -0.1) is 0 Å². The van der Waals surface area contributed by atoms with Crippen molar-refractivity contribution in [2.75, 3.05) is 21.3 Å². The number of H-pyrrole nitrogens is 1. The Morgan fingerprint density at radius 3 is 2.26 bits per heavy atom. The van der Waals surface area contributed by atoms with Gasteiger partial charge in [0.15, 0.2) is 0 Å². The number of aromatic amines is 1. The van der Waals surface area contributed by atoms with Crippen LogP contribution in [0.25, 0.3) is 11.3 Å². The Bertz CT molecular complexity index is 591. The van der Waals surface area contributed by atoms with Crippen molar-refractivity contribution in [1.29, 1.82) is 0 Å². The molecule has 2 aromatic rings. The number of imidazole rings is 1. The zero-order valence-corrected chi connectivity index (χ0v) is 11.8. The topological polar surface area (TPSA) is 56.4 Å². The highest BCUT2D eigenvalue weighted by atomic mass is 16.5. The van der Waals surface area contributed by atoms with Gasteiger partial charge < -0.3 is 19.2 Å². The maximum absolute atomic E-state index is 5.51. The molecule has 1 heterocycles. The third-order valence-corrected chi connectivity index (χ3v) is 3.25. The van der Waals surface area contributed by atoms with Gasteiger partial charge in [-0.3, -0.25) is 0 Å². The average molecular weight is 262 g/mol. The van der Waals surface area contributed by atoms with Crippen LogP contribution in [-0.2, 0) is 0 Å². The molecule has 0 fully saturated rings. The van der Waals surface area contributed by atoms with Crippen LogP contribution in [0.4, 0.5) is 0 Å². The van der Waals surface area contributed by atoms with Crippen LogP contribution < -0.4 is 14.2 Å². The molecule has 0 saturated heterocycles. The van der Waals surface area contributed by atoms with Gasteiger partial charge in [0.25, 0.3) is 6.01 Å². The fourth-order valence-corrected chi connectivity index (χ4v) is 2.08. The molecule has 0 aliphatic rings. The summed E-state index contributed by atoms with van der Waals surface area (Å²) in [5.41, 5.74) is 3.84. The van der Waals surface area contributed by atoms with E-state index in [0.717, 1.165) is 33.9 Å². The molecule has 19 heavy (non-hydrogen) atoms. The van der Waals surface area contributed by atoms with Crippen molar-refractivity contribution in [2.45, 2.75) is 13.8 Å². The number of hydrogen-bond donors (Lipinski definition) is 1. The normalized spacial score (nSPS) is 10.4. The Kier molecular flexibility index (Phi) is 3.64. The molecular weight excluding hydrogens is 244 g/mol. The molecule has 5 heteroatoms. The number of rotatable bonds is 4. The summed E-state index contributed by atoms with van der Waals surface area (Å²) in [6.45, 7) is 4.02. The Hall–Kier alpha value is -2.17. The molecule has 102 valence electrons. The maximum atomic E-state index is 5.51. The van der Waals surface area contributed by atoms with E-state index in [1.54, 1.807) is 27.5 Å². The summed E-state index contributed by atoms with van der Waals surface area (Å²) in [5, 5.41) is 0. The quantitative estimate of drug-likeness (QED) is 0.920. The smallest absolute Gasteiger partial charge is 0.293 e. The lowest BCUT2D eigenvalue weighted by Crippen LogP contribution is -1.97. The van der Waals surface area contributed by atoms with Crippen molar-refractivity contribution in [3.05, 3.63) is 23.4 Å². The zero-order chi connectivity index (χ0) is 14.0. The molecule has 1 N–H and O–H groups in total. The van der Waals surface area contributed by atoms with E-state index in [9.17, 15) is 0 Å². The summed E-state index contributed by atoms with van der Waals surface area (Å²) in [6, 6.07) is 2.41. The van der Waals surface area contributed by atoms with Gasteiger partial charge in [0.1, 0.15) is 11.5 Å². The molecule has 0 aliphatic carbocycles. The van der Waals surface area contributed by atoms with E-state index in [4.69, 9.17) is 14.2 Å². The fraction of sp³-hybridized carbons (Fsp3) is 0.357. The van der Waals surface area contributed by atoms with Crippen LogP contribution in [0.1, 0.15) is 11.1 Å². The van der Waals surface area contributed by atoms with E-state index in [1.165, 1.54) is 0 Å². The molecule has 0 atom stereocenters. The molecule has 0 unspecified atom stereocenters. The van der Waals surface area contributed by atoms with E-state index in [0.29, 0.717) is 6.01 Å². The standard InChI is InChI=1S/C14H18N2O3/c1-8-9(2)13(18-4)10(6-12(8)17-3)11-7-15-14(16-11)19-5/h6-7H,1-5H3,(H,15,16). The molecule has 1 aromatic carbocycles. The number of aromatic nitrogens is 2. The summed E-state index contributed by atoms with van der Waals surface area (Å²) in [7, 11) is 4.89. The zero-order valence-electron chi connectivity index (χ0n) is 11.8. The van der Waals surface area contributed by atoms with E-state index >= 15 is 0 Å². The summed E-state index contributed by atoms with van der Waals surface area (Å²) in [6.07, 6.45) is 1.71. The molecule has 0 bridgehead atoms. The van der Waals surface area contributed by atoms with Gasteiger partial charge in [0, 0.05) is 5.56 Å². The van der Waals surface area contributed by atoms with Crippen LogP contribution in [-0.4, -0.2) is 31.3 Å². The van der Waals surface area contributed by atoms with Crippen molar-refractivity contribution in [2.24, 2.45) is 0 Å². The maximum Gasteiger partial charge on any atom is 0.293 e. The van der Waals surface area contributed by atoms with Crippen LogP contribution in [0.15, 0.2) is 12.3 Å².